The van der Waals surface area contributed by atoms with E-state index in [2.05, 4.69) is 26.0 Å². The van der Waals surface area contributed by atoms with Gasteiger partial charge in [-0.1, -0.05) is 35.3 Å². The first-order valence-electron chi connectivity index (χ1n) is 7.04. The SMILES string of the molecule is Cc1c(Cl)cccc1NC(=O)c1n[nH]nc1Nc1cccc(Cl)c1. The normalized spacial score (nSPS) is 10.5. The summed E-state index contributed by atoms with van der Waals surface area (Å²) in [5.41, 5.74) is 2.23. The lowest BCUT2D eigenvalue weighted by atomic mass is 10.2. The summed E-state index contributed by atoms with van der Waals surface area (Å²) in [4.78, 5) is 12.5. The number of amides is 1. The Balaban J connectivity index is 1.82. The van der Waals surface area contributed by atoms with Crippen LogP contribution in [0.3, 0.4) is 0 Å². The van der Waals surface area contributed by atoms with E-state index < -0.39 is 5.91 Å². The van der Waals surface area contributed by atoms with Crippen LogP contribution in [-0.4, -0.2) is 21.3 Å². The second-order valence-corrected chi connectivity index (χ2v) is 5.87. The Bertz CT molecular complexity index is 894. The highest BCUT2D eigenvalue weighted by molar-refractivity contribution is 6.32. The average molecular weight is 362 g/mol. The van der Waals surface area contributed by atoms with Gasteiger partial charge < -0.3 is 10.6 Å². The van der Waals surface area contributed by atoms with Crippen molar-refractivity contribution in [3.63, 3.8) is 0 Å². The van der Waals surface area contributed by atoms with Gasteiger partial charge in [0.25, 0.3) is 5.91 Å². The number of anilines is 3. The van der Waals surface area contributed by atoms with E-state index in [4.69, 9.17) is 23.2 Å². The second kappa shape index (κ2) is 6.90. The number of carbonyl (C=O) groups is 1. The summed E-state index contributed by atoms with van der Waals surface area (Å²) < 4.78 is 0. The molecule has 0 unspecified atom stereocenters. The van der Waals surface area contributed by atoms with Crippen molar-refractivity contribution >= 4 is 46.3 Å². The van der Waals surface area contributed by atoms with E-state index in [-0.39, 0.29) is 5.69 Å². The number of hydrogen-bond acceptors (Lipinski definition) is 4. The molecule has 8 heteroatoms. The number of nitrogens with zero attached hydrogens (tertiary/aromatic N) is 2. The van der Waals surface area contributed by atoms with Crippen LogP contribution in [0.25, 0.3) is 0 Å². The second-order valence-electron chi connectivity index (χ2n) is 5.02. The van der Waals surface area contributed by atoms with Crippen molar-refractivity contribution in [2.24, 2.45) is 0 Å². The Morgan fingerprint density at radius 3 is 2.71 bits per heavy atom. The third kappa shape index (κ3) is 3.50. The zero-order valence-corrected chi connectivity index (χ0v) is 14.1. The van der Waals surface area contributed by atoms with E-state index >= 15 is 0 Å². The van der Waals surface area contributed by atoms with Crippen LogP contribution in [0, 0.1) is 6.92 Å². The number of benzene rings is 2. The van der Waals surface area contributed by atoms with E-state index in [1.807, 2.05) is 13.0 Å². The molecule has 0 atom stereocenters. The molecule has 3 aromatic rings. The highest BCUT2D eigenvalue weighted by Crippen LogP contribution is 2.25. The molecule has 2 aromatic carbocycles. The van der Waals surface area contributed by atoms with Gasteiger partial charge in [0.1, 0.15) is 0 Å². The van der Waals surface area contributed by atoms with Gasteiger partial charge >= 0.3 is 0 Å². The van der Waals surface area contributed by atoms with E-state index in [0.29, 0.717) is 27.2 Å². The Hall–Kier alpha value is -2.57. The Morgan fingerprint density at radius 2 is 1.92 bits per heavy atom. The van der Waals surface area contributed by atoms with Crippen molar-refractivity contribution in [2.75, 3.05) is 10.6 Å². The molecule has 0 saturated carbocycles. The molecule has 3 rings (SSSR count). The topological polar surface area (TPSA) is 82.7 Å². The predicted molar refractivity (Wildman–Crippen MR) is 95.3 cm³/mol. The molecule has 0 radical (unpaired) electrons. The Labute approximate surface area is 148 Å². The van der Waals surface area contributed by atoms with Crippen molar-refractivity contribution in [2.45, 2.75) is 6.92 Å². The zero-order valence-electron chi connectivity index (χ0n) is 12.6. The number of nitrogens with one attached hydrogen (secondary N) is 3. The number of aromatic nitrogens is 3. The van der Waals surface area contributed by atoms with Crippen molar-refractivity contribution in [1.82, 2.24) is 15.4 Å². The van der Waals surface area contributed by atoms with Crippen molar-refractivity contribution in [3.05, 3.63) is 63.8 Å². The van der Waals surface area contributed by atoms with Gasteiger partial charge in [-0.15, -0.1) is 10.2 Å². The fraction of sp³-hybridized carbons (Fsp3) is 0.0625. The smallest absolute Gasteiger partial charge is 0.280 e. The summed E-state index contributed by atoms with van der Waals surface area (Å²) in [6.07, 6.45) is 0. The molecule has 3 N–H and O–H groups in total. The highest BCUT2D eigenvalue weighted by atomic mass is 35.5. The van der Waals surface area contributed by atoms with Crippen LogP contribution in [0.15, 0.2) is 42.5 Å². The number of rotatable bonds is 4. The molecule has 122 valence electrons. The molecule has 0 spiro atoms. The monoisotopic (exact) mass is 361 g/mol. The van der Waals surface area contributed by atoms with Crippen molar-refractivity contribution in [1.29, 1.82) is 0 Å². The minimum atomic E-state index is -0.404. The number of aromatic amines is 1. The standard InChI is InChI=1S/C16H13Cl2N5O/c1-9-12(18)6-3-7-13(9)20-16(24)14-15(22-23-21-14)19-11-5-2-4-10(17)8-11/h2-8H,1H3,(H,20,24)(H2,19,21,22,23). The molecule has 0 bridgehead atoms. The third-order valence-electron chi connectivity index (χ3n) is 3.37. The summed E-state index contributed by atoms with van der Waals surface area (Å²) in [5, 5.41) is 17.3. The van der Waals surface area contributed by atoms with Crippen LogP contribution in [0.2, 0.25) is 10.0 Å². The van der Waals surface area contributed by atoms with Gasteiger partial charge in [0, 0.05) is 21.4 Å². The maximum absolute atomic E-state index is 12.5. The number of hydrogen-bond donors (Lipinski definition) is 3. The van der Waals surface area contributed by atoms with Crippen molar-refractivity contribution < 1.29 is 4.79 Å². The number of halogens is 2. The number of carbonyl (C=O) groups excluding carboxylic acids is 1. The first-order valence-corrected chi connectivity index (χ1v) is 7.80. The van der Waals surface area contributed by atoms with Crippen LogP contribution in [0.4, 0.5) is 17.2 Å². The van der Waals surface area contributed by atoms with Gasteiger partial charge in [0.2, 0.25) is 0 Å². The number of H-pyrrole nitrogens is 1. The Morgan fingerprint density at radius 1 is 1.12 bits per heavy atom. The summed E-state index contributed by atoms with van der Waals surface area (Å²) >= 11 is 12.0. The van der Waals surface area contributed by atoms with Crippen LogP contribution < -0.4 is 10.6 Å². The summed E-state index contributed by atoms with van der Waals surface area (Å²) in [7, 11) is 0. The summed E-state index contributed by atoms with van der Waals surface area (Å²) in [6.45, 7) is 1.83. The molecule has 0 fully saturated rings. The fourth-order valence-electron chi connectivity index (χ4n) is 2.10. The maximum atomic E-state index is 12.5. The largest absolute Gasteiger partial charge is 0.337 e. The fourth-order valence-corrected chi connectivity index (χ4v) is 2.47. The lowest BCUT2D eigenvalue weighted by Crippen LogP contribution is -2.15. The molecule has 0 aliphatic carbocycles. The van der Waals surface area contributed by atoms with Gasteiger partial charge in [0.15, 0.2) is 11.5 Å². The molecular formula is C16H13Cl2N5O. The lowest BCUT2D eigenvalue weighted by molar-refractivity contribution is 0.102. The van der Waals surface area contributed by atoms with Gasteiger partial charge in [-0.2, -0.15) is 5.21 Å². The Kier molecular flexibility index (Phi) is 4.69. The minimum Gasteiger partial charge on any atom is -0.337 e. The van der Waals surface area contributed by atoms with Gasteiger partial charge in [-0.3, -0.25) is 4.79 Å². The molecule has 6 nitrogen and oxygen atoms in total. The average Bonchev–Trinajstić information content (AvgIpc) is 3.00. The molecule has 1 aromatic heterocycles. The lowest BCUT2D eigenvalue weighted by Gasteiger charge is -2.09. The molecule has 0 aliphatic heterocycles. The van der Waals surface area contributed by atoms with Gasteiger partial charge in [0.05, 0.1) is 0 Å². The zero-order chi connectivity index (χ0) is 17.1. The van der Waals surface area contributed by atoms with Crippen LogP contribution in [-0.2, 0) is 0 Å². The molecular weight excluding hydrogens is 349 g/mol. The van der Waals surface area contributed by atoms with Gasteiger partial charge in [-0.05, 0) is 42.8 Å². The quantitative estimate of drug-likeness (QED) is 0.642. The summed E-state index contributed by atoms with van der Waals surface area (Å²) in [5.74, 6) is -0.104. The minimum absolute atomic E-state index is 0.134. The molecule has 1 amide bonds. The first-order chi connectivity index (χ1) is 11.5. The van der Waals surface area contributed by atoms with E-state index in [1.165, 1.54) is 0 Å². The molecule has 1 heterocycles. The molecule has 0 aliphatic rings. The maximum Gasteiger partial charge on any atom is 0.280 e. The van der Waals surface area contributed by atoms with E-state index in [0.717, 1.165) is 5.56 Å². The molecule has 0 saturated heterocycles. The van der Waals surface area contributed by atoms with Crippen LogP contribution in [0.1, 0.15) is 16.1 Å². The third-order valence-corrected chi connectivity index (χ3v) is 4.01. The predicted octanol–water partition coefficient (Wildman–Crippen LogP) is 4.42. The summed E-state index contributed by atoms with van der Waals surface area (Å²) in [6, 6.07) is 12.4. The van der Waals surface area contributed by atoms with Crippen LogP contribution in [0.5, 0.6) is 0 Å². The van der Waals surface area contributed by atoms with Crippen LogP contribution >= 0.6 is 23.2 Å². The molecule has 24 heavy (non-hydrogen) atoms. The van der Waals surface area contributed by atoms with Crippen molar-refractivity contribution in [3.8, 4) is 0 Å². The van der Waals surface area contributed by atoms with E-state index in [9.17, 15) is 4.79 Å². The van der Waals surface area contributed by atoms with E-state index in [1.54, 1.807) is 36.4 Å². The first kappa shape index (κ1) is 16.3. The highest BCUT2D eigenvalue weighted by Gasteiger charge is 2.18. The van der Waals surface area contributed by atoms with Gasteiger partial charge in [-0.25, -0.2) is 0 Å².